The van der Waals surface area contributed by atoms with Crippen LogP contribution >= 0.6 is 0 Å². The SMILES string of the molecule is Nc1cc(N)cc(C(=O)c2cc(F)ccc2F)c1. The monoisotopic (exact) mass is 248 g/mol. The molecule has 0 unspecified atom stereocenters. The lowest BCUT2D eigenvalue weighted by atomic mass is 10.0. The third kappa shape index (κ3) is 2.29. The van der Waals surface area contributed by atoms with Crippen molar-refractivity contribution in [2.24, 2.45) is 0 Å². The summed E-state index contributed by atoms with van der Waals surface area (Å²) in [6.07, 6.45) is 0. The van der Waals surface area contributed by atoms with Crippen LogP contribution in [0.1, 0.15) is 15.9 Å². The van der Waals surface area contributed by atoms with Crippen molar-refractivity contribution < 1.29 is 13.6 Å². The van der Waals surface area contributed by atoms with Crippen molar-refractivity contribution in [2.75, 3.05) is 11.5 Å². The van der Waals surface area contributed by atoms with E-state index in [4.69, 9.17) is 11.5 Å². The molecule has 0 aliphatic rings. The van der Waals surface area contributed by atoms with Crippen molar-refractivity contribution in [2.45, 2.75) is 0 Å². The fraction of sp³-hybridized carbons (Fsp3) is 0. The Bertz CT molecular complexity index is 606. The summed E-state index contributed by atoms with van der Waals surface area (Å²) in [5.41, 5.74) is 11.4. The predicted octanol–water partition coefficient (Wildman–Crippen LogP) is 2.36. The van der Waals surface area contributed by atoms with Crippen LogP contribution in [0.5, 0.6) is 0 Å². The molecule has 0 atom stereocenters. The van der Waals surface area contributed by atoms with Gasteiger partial charge in [0.1, 0.15) is 11.6 Å². The summed E-state index contributed by atoms with van der Waals surface area (Å²) in [7, 11) is 0. The third-order valence-corrected chi connectivity index (χ3v) is 2.41. The molecule has 3 nitrogen and oxygen atoms in total. The average molecular weight is 248 g/mol. The van der Waals surface area contributed by atoms with Gasteiger partial charge in [0.15, 0.2) is 5.78 Å². The van der Waals surface area contributed by atoms with E-state index in [1.165, 1.54) is 18.2 Å². The minimum Gasteiger partial charge on any atom is -0.399 e. The lowest BCUT2D eigenvalue weighted by Gasteiger charge is -2.05. The van der Waals surface area contributed by atoms with Crippen LogP contribution in [0, 0.1) is 11.6 Å². The largest absolute Gasteiger partial charge is 0.399 e. The van der Waals surface area contributed by atoms with E-state index in [0.29, 0.717) is 0 Å². The smallest absolute Gasteiger partial charge is 0.196 e. The second-order valence-electron chi connectivity index (χ2n) is 3.84. The highest BCUT2D eigenvalue weighted by atomic mass is 19.1. The molecule has 0 heterocycles. The number of anilines is 2. The van der Waals surface area contributed by atoms with Crippen molar-refractivity contribution in [3.63, 3.8) is 0 Å². The van der Waals surface area contributed by atoms with E-state index >= 15 is 0 Å². The highest BCUT2D eigenvalue weighted by Gasteiger charge is 2.15. The Labute approximate surface area is 102 Å². The van der Waals surface area contributed by atoms with Gasteiger partial charge in [-0.05, 0) is 36.4 Å². The Morgan fingerprint density at radius 3 is 2.17 bits per heavy atom. The van der Waals surface area contributed by atoms with Gasteiger partial charge in [-0.3, -0.25) is 4.79 Å². The fourth-order valence-electron chi connectivity index (χ4n) is 1.63. The van der Waals surface area contributed by atoms with Crippen molar-refractivity contribution in [3.05, 3.63) is 59.2 Å². The minimum atomic E-state index is -0.789. The molecule has 5 heteroatoms. The zero-order valence-electron chi connectivity index (χ0n) is 9.28. The van der Waals surface area contributed by atoms with Gasteiger partial charge in [-0.25, -0.2) is 8.78 Å². The molecule has 2 aromatic rings. The molecule has 92 valence electrons. The van der Waals surface area contributed by atoms with Crippen LogP contribution < -0.4 is 11.5 Å². The van der Waals surface area contributed by atoms with Crippen molar-refractivity contribution in [1.29, 1.82) is 0 Å². The van der Waals surface area contributed by atoms with Gasteiger partial charge < -0.3 is 11.5 Å². The van der Waals surface area contributed by atoms with E-state index in [0.717, 1.165) is 18.2 Å². The molecule has 0 spiro atoms. The van der Waals surface area contributed by atoms with E-state index in [2.05, 4.69) is 0 Å². The number of carbonyl (C=O) groups is 1. The third-order valence-electron chi connectivity index (χ3n) is 2.41. The first-order chi connectivity index (χ1) is 8.47. The van der Waals surface area contributed by atoms with Crippen LogP contribution in [-0.2, 0) is 0 Å². The van der Waals surface area contributed by atoms with E-state index in [1.54, 1.807) is 0 Å². The Kier molecular flexibility index (Phi) is 2.97. The summed E-state index contributed by atoms with van der Waals surface area (Å²) in [6, 6.07) is 6.89. The number of nitrogen functional groups attached to an aromatic ring is 2. The molecule has 18 heavy (non-hydrogen) atoms. The number of benzene rings is 2. The van der Waals surface area contributed by atoms with Crippen molar-refractivity contribution in [1.82, 2.24) is 0 Å². The summed E-state index contributed by atoms with van der Waals surface area (Å²) in [5.74, 6) is -2.13. The van der Waals surface area contributed by atoms with Crippen LogP contribution in [0.25, 0.3) is 0 Å². The fourth-order valence-corrected chi connectivity index (χ4v) is 1.63. The van der Waals surface area contributed by atoms with Crippen LogP contribution in [-0.4, -0.2) is 5.78 Å². The molecule has 4 N–H and O–H groups in total. The molecular formula is C13H10F2N2O. The van der Waals surface area contributed by atoms with Gasteiger partial charge in [0.25, 0.3) is 0 Å². The maximum Gasteiger partial charge on any atom is 0.196 e. The zero-order chi connectivity index (χ0) is 13.3. The first kappa shape index (κ1) is 12.0. The molecular weight excluding hydrogens is 238 g/mol. The molecule has 0 saturated carbocycles. The number of halogens is 2. The number of ketones is 1. The molecule has 0 aromatic heterocycles. The molecule has 2 rings (SSSR count). The summed E-state index contributed by atoms with van der Waals surface area (Å²) < 4.78 is 26.5. The number of hydrogen-bond acceptors (Lipinski definition) is 3. The highest BCUT2D eigenvalue weighted by Crippen LogP contribution is 2.19. The summed E-state index contributed by atoms with van der Waals surface area (Å²) >= 11 is 0. The Morgan fingerprint density at radius 1 is 0.944 bits per heavy atom. The lowest BCUT2D eigenvalue weighted by molar-refractivity contribution is 0.103. The number of nitrogens with two attached hydrogens (primary N) is 2. The van der Waals surface area contributed by atoms with Crippen LogP contribution in [0.2, 0.25) is 0 Å². The quantitative estimate of drug-likeness (QED) is 0.633. The normalized spacial score (nSPS) is 10.3. The summed E-state index contributed by atoms with van der Waals surface area (Å²) in [6.45, 7) is 0. The molecule has 0 amide bonds. The molecule has 0 fully saturated rings. The maximum absolute atomic E-state index is 13.5. The molecule has 0 bridgehead atoms. The van der Waals surface area contributed by atoms with Gasteiger partial charge in [-0.2, -0.15) is 0 Å². The molecule has 0 aliphatic carbocycles. The molecule has 0 aliphatic heterocycles. The van der Waals surface area contributed by atoms with E-state index in [-0.39, 0.29) is 22.5 Å². The molecule has 2 aromatic carbocycles. The Balaban J connectivity index is 2.51. The maximum atomic E-state index is 13.5. The Hall–Kier alpha value is -2.43. The van der Waals surface area contributed by atoms with E-state index < -0.39 is 17.4 Å². The highest BCUT2D eigenvalue weighted by molar-refractivity contribution is 6.10. The van der Waals surface area contributed by atoms with Crippen molar-refractivity contribution in [3.8, 4) is 0 Å². The van der Waals surface area contributed by atoms with Gasteiger partial charge in [0, 0.05) is 16.9 Å². The standard InChI is InChI=1S/C13H10F2N2O/c14-8-1-2-12(15)11(5-8)13(18)7-3-9(16)6-10(17)4-7/h1-6H,16-17H2. The zero-order valence-corrected chi connectivity index (χ0v) is 9.28. The number of rotatable bonds is 2. The van der Waals surface area contributed by atoms with Gasteiger partial charge in [-0.1, -0.05) is 0 Å². The van der Waals surface area contributed by atoms with E-state index in [9.17, 15) is 13.6 Å². The van der Waals surface area contributed by atoms with Gasteiger partial charge in [0.2, 0.25) is 0 Å². The summed E-state index contributed by atoms with van der Waals surface area (Å²) in [5, 5.41) is 0. The van der Waals surface area contributed by atoms with Crippen molar-refractivity contribution >= 4 is 17.2 Å². The van der Waals surface area contributed by atoms with Crippen LogP contribution in [0.4, 0.5) is 20.2 Å². The molecule has 0 saturated heterocycles. The first-order valence-electron chi connectivity index (χ1n) is 5.13. The van der Waals surface area contributed by atoms with E-state index in [1.807, 2.05) is 0 Å². The summed E-state index contributed by atoms with van der Waals surface area (Å²) in [4.78, 5) is 12.0. The van der Waals surface area contributed by atoms with Gasteiger partial charge >= 0.3 is 0 Å². The van der Waals surface area contributed by atoms with Gasteiger partial charge in [-0.15, -0.1) is 0 Å². The topological polar surface area (TPSA) is 69.1 Å². The second-order valence-corrected chi connectivity index (χ2v) is 3.84. The minimum absolute atomic E-state index is 0.122. The predicted molar refractivity (Wildman–Crippen MR) is 65.1 cm³/mol. The first-order valence-corrected chi connectivity index (χ1v) is 5.13. The number of carbonyl (C=O) groups excluding carboxylic acids is 1. The average Bonchev–Trinajstić information content (AvgIpc) is 2.30. The molecule has 0 radical (unpaired) electrons. The lowest BCUT2D eigenvalue weighted by Crippen LogP contribution is -2.06. The van der Waals surface area contributed by atoms with Crippen LogP contribution in [0.15, 0.2) is 36.4 Å². The van der Waals surface area contributed by atoms with Gasteiger partial charge in [0.05, 0.1) is 5.56 Å². The Morgan fingerprint density at radius 2 is 1.56 bits per heavy atom. The second kappa shape index (κ2) is 4.44. The number of hydrogen-bond donors (Lipinski definition) is 2. The van der Waals surface area contributed by atoms with Crippen LogP contribution in [0.3, 0.4) is 0 Å².